The van der Waals surface area contributed by atoms with Gasteiger partial charge in [0.2, 0.25) is 0 Å². The lowest BCUT2D eigenvalue weighted by Crippen LogP contribution is -2.39. The van der Waals surface area contributed by atoms with Crippen LogP contribution < -0.4 is 24.8 Å². The predicted molar refractivity (Wildman–Crippen MR) is 92.1 cm³/mol. The second-order valence-corrected chi connectivity index (χ2v) is 6.03. The molecular weight excluding hydrogens is 320 g/mol. The zero-order valence-electron chi connectivity index (χ0n) is 13.8. The van der Waals surface area contributed by atoms with E-state index in [1.54, 1.807) is 0 Å². The lowest BCUT2D eigenvalue weighted by atomic mass is 10.0. The molecule has 0 fully saturated rings. The van der Waals surface area contributed by atoms with Crippen molar-refractivity contribution in [1.82, 2.24) is 10.6 Å². The van der Waals surface area contributed by atoms with Gasteiger partial charge in [0, 0.05) is 18.5 Å². The largest absolute Gasteiger partial charge is 0.493 e. The summed E-state index contributed by atoms with van der Waals surface area (Å²) < 4.78 is 16.7. The van der Waals surface area contributed by atoms with E-state index in [-0.39, 0.29) is 12.1 Å². The maximum absolute atomic E-state index is 12.3. The molecule has 0 unspecified atom stereocenters. The highest BCUT2D eigenvalue weighted by atomic mass is 16.6. The lowest BCUT2D eigenvalue weighted by molar-refractivity contribution is 0.171. The molecule has 0 radical (unpaired) electrons. The molecule has 0 bridgehead atoms. The summed E-state index contributed by atoms with van der Waals surface area (Å²) in [5.41, 5.74) is 1.98. The summed E-state index contributed by atoms with van der Waals surface area (Å²) in [6.07, 6.45) is 0.758. The van der Waals surface area contributed by atoms with Crippen LogP contribution in [0.3, 0.4) is 0 Å². The van der Waals surface area contributed by atoms with Gasteiger partial charge in [-0.25, -0.2) is 4.79 Å². The molecule has 2 aliphatic rings. The molecular formula is C19H20N2O4. The van der Waals surface area contributed by atoms with Crippen LogP contribution in [0.4, 0.5) is 4.79 Å². The maximum Gasteiger partial charge on any atom is 0.315 e. The first kappa shape index (κ1) is 15.6. The number of fused-ring (bicyclic) bond motifs is 2. The van der Waals surface area contributed by atoms with Crippen LogP contribution in [0.25, 0.3) is 0 Å². The van der Waals surface area contributed by atoms with Crippen molar-refractivity contribution < 1.29 is 19.0 Å². The topological polar surface area (TPSA) is 68.8 Å². The van der Waals surface area contributed by atoms with Crippen molar-refractivity contribution in [3.63, 3.8) is 0 Å². The van der Waals surface area contributed by atoms with Gasteiger partial charge < -0.3 is 24.8 Å². The van der Waals surface area contributed by atoms with Crippen LogP contribution in [-0.2, 0) is 6.54 Å². The minimum absolute atomic E-state index is 0.0368. The van der Waals surface area contributed by atoms with E-state index in [9.17, 15) is 4.79 Å². The quantitative estimate of drug-likeness (QED) is 0.901. The van der Waals surface area contributed by atoms with Gasteiger partial charge in [0.1, 0.15) is 19.0 Å². The van der Waals surface area contributed by atoms with E-state index in [4.69, 9.17) is 14.2 Å². The average Bonchev–Trinajstić information content (AvgIpc) is 2.66. The molecule has 25 heavy (non-hydrogen) atoms. The number of amides is 2. The fraction of sp³-hybridized carbons (Fsp3) is 0.316. The summed E-state index contributed by atoms with van der Waals surface area (Å²) in [4.78, 5) is 12.3. The van der Waals surface area contributed by atoms with E-state index in [2.05, 4.69) is 10.6 Å². The highest BCUT2D eigenvalue weighted by molar-refractivity contribution is 5.74. The molecule has 2 aromatic carbocycles. The molecule has 2 aromatic rings. The van der Waals surface area contributed by atoms with Crippen molar-refractivity contribution >= 4 is 6.03 Å². The van der Waals surface area contributed by atoms with Gasteiger partial charge in [-0.2, -0.15) is 0 Å². The molecule has 0 spiro atoms. The summed E-state index contributed by atoms with van der Waals surface area (Å²) in [6.45, 7) is 2.14. The monoisotopic (exact) mass is 340 g/mol. The number of urea groups is 1. The van der Waals surface area contributed by atoms with Crippen LogP contribution in [0.1, 0.15) is 23.6 Å². The summed E-state index contributed by atoms with van der Waals surface area (Å²) in [6, 6.07) is 13.3. The van der Waals surface area contributed by atoms with Crippen molar-refractivity contribution in [2.24, 2.45) is 0 Å². The highest BCUT2D eigenvalue weighted by Crippen LogP contribution is 2.32. The third kappa shape index (κ3) is 3.47. The van der Waals surface area contributed by atoms with Gasteiger partial charge >= 0.3 is 6.03 Å². The molecule has 2 aliphatic heterocycles. The third-order valence-corrected chi connectivity index (χ3v) is 4.32. The standard InChI is InChI=1S/C19H20N2O4/c22-19(21-15-7-8-23-16-4-2-1-3-14(15)16)20-12-13-5-6-17-18(11-13)25-10-9-24-17/h1-6,11,15H,7-10,12H2,(H2,20,21,22)/t15-/m1/s1. The number of para-hydroxylation sites is 1. The first-order valence-corrected chi connectivity index (χ1v) is 8.44. The van der Waals surface area contributed by atoms with Crippen molar-refractivity contribution in [3.8, 4) is 17.2 Å². The fourth-order valence-corrected chi connectivity index (χ4v) is 3.08. The molecule has 0 saturated carbocycles. The van der Waals surface area contributed by atoms with E-state index < -0.39 is 0 Å². The van der Waals surface area contributed by atoms with E-state index in [0.717, 1.165) is 34.8 Å². The Hall–Kier alpha value is -2.89. The number of carbonyl (C=O) groups excluding carboxylic acids is 1. The maximum atomic E-state index is 12.3. The molecule has 2 N–H and O–H groups in total. The minimum atomic E-state index is -0.198. The van der Waals surface area contributed by atoms with E-state index >= 15 is 0 Å². The molecule has 2 heterocycles. The summed E-state index contributed by atoms with van der Waals surface area (Å²) in [7, 11) is 0. The number of ether oxygens (including phenoxy) is 3. The van der Waals surface area contributed by atoms with Gasteiger partial charge in [-0.15, -0.1) is 0 Å². The van der Waals surface area contributed by atoms with Crippen LogP contribution in [0, 0.1) is 0 Å². The molecule has 130 valence electrons. The third-order valence-electron chi connectivity index (χ3n) is 4.32. The fourth-order valence-electron chi connectivity index (χ4n) is 3.08. The van der Waals surface area contributed by atoms with E-state index in [1.807, 2.05) is 42.5 Å². The van der Waals surface area contributed by atoms with Gasteiger partial charge in [0.25, 0.3) is 0 Å². The SMILES string of the molecule is O=C(NCc1ccc2c(c1)OCCO2)N[C@@H]1CCOc2ccccc21. The first-order chi connectivity index (χ1) is 12.3. The average molecular weight is 340 g/mol. The van der Waals surface area contributed by atoms with Gasteiger partial charge in [-0.1, -0.05) is 24.3 Å². The van der Waals surface area contributed by atoms with Crippen LogP contribution in [0.2, 0.25) is 0 Å². The second kappa shape index (κ2) is 6.93. The Balaban J connectivity index is 1.36. The normalized spacial score (nSPS) is 17.8. The van der Waals surface area contributed by atoms with Crippen molar-refractivity contribution in [2.45, 2.75) is 19.0 Å². The molecule has 0 aromatic heterocycles. The molecule has 6 nitrogen and oxygen atoms in total. The number of nitrogens with one attached hydrogen (secondary N) is 2. The summed E-state index contributed by atoms with van der Waals surface area (Å²) >= 11 is 0. The zero-order valence-corrected chi connectivity index (χ0v) is 13.8. The summed E-state index contributed by atoms with van der Waals surface area (Å²) in [5, 5.41) is 5.92. The van der Waals surface area contributed by atoms with Crippen LogP contribution in [0.5, 0.6) is 17.2 Å². The van der Waals surface area contributed by atoms with Crippen LogP contribution in [0.15, 0.2) is 42.5 Å². The van der Waals surface area contributed by atoms with Crippen molar-refractivity contribution in [2.75, 3.05) is 19.8 Å². The Kier molecular flexibility index (Phi) is 4.33. The molecule has 0 saturated heterocycles. The Labute approximate surface area is 146 Å². The molecule has 6 heteroatoms. The number of carbonyl (C=O) groups is 1. The molecule has 4 rings (SSSR count). The smallest absolute Gasteiger partial charge is 0.315 e. The Morgan fingerprint density at radius 1 is 0.960 bits per heavy atom. The number of hydrogen-bond acceptors (Lipinski definition) is 4. The van der Waals surface area contributed by atoms with Gasteiger partial charge in [-0.3, -0.25) is 0 Å². The number of rotatable bonds is 3. The van der Waals surface area contributed by atoms with Gasteiger partial charge in [-0.05, 0) is 23.8 Å². The van der Waals surface area contributed by atoms with Gasteiger partial charge in [0.05, 0.1) is 12.6 Å². The van der Waals surface area contributed by atoms with E-state index in [1.165, 1.54) is 0 Å². The lowest BCUT2D eigenvalue weighted by Gasteiger charge is -2.26. The van der Waals surface area contributed by atoms with Crippen molar-refractivity contribution in [1.29, 1.82) is 0 Å². The highest BCUT2D eigenvalue weighted by Gasteiger charge is 2.22. The van der Waals surface area contributed by atoms with Crippen LogP contribution in [-0.4, -0.2) is 25.9 Å². The molecule has 0 aliphatic carbocycles. The predicted octanol–water partition coefficient (Wildman–Crippen LogP) is 2.78. The first-order valence-electron chi connectivity index (χ1n) is 8.44. The van der Waals surface area contributed by atoms with Crippen LogP contribution >= 0.6 is 0 Å². The minimum Gasteiger partial charge on any atom is -0.493 e. The van der Waals surface area contributed by atoms with Gasteiger partial charge in [0.15, 0.2) is 11.5 Å². The van der Waals surface area contributed by atoms with Crippen molar-refractivity contribution in [3.05, 3.63) is 53.6 Å². The second-order valence-electron chi connectivity index (χ2n) is 6.03. The Morgan fingerprint density at radius 2 is 1.76 bits per heavy atom. The van der Waals surface area contributed by atoms with E-state index in [0.29, 0.717) is 26.4 Å². The molecule has 1 atom stereocenters. The number of hydrogen-bond donors (Lipinski definition) is 2. The Bertz CT molecular complexity index is 778. The molecule has 2 amide bonds. The Morgan fingerprint density at radius 3 is 2.68 bits per heavy atom. The zero-order chi connectivity index (χ0) is 17.1. The summed E-state index contributed by atoms with van der Waals surface area (Å²) in [5.74, 6) is 2.31. The number of benzene rings is 2.